The molecule has 1 atom stereocenters. The molecule has 5 nitrogen and oxygen atoms in total. The fourth-order valence-corrected chi connectivity index (χ4v) is 3.60. The maximum absolute atomic E-state index is 12.0. The number of aromatic nitrogens is 1. The van der Waals surface area contributed by atoms with Gasteiger partial charge in [0.1, 0.15) is 0 Å². The summed E-state index contributed by atoms with van der Waals surface area (Å²) in [7, 11) is 0. The van der Waals surface area contributed by atoms with Crippen LogP contribution in [0.1, 0.15) is 23.8 Å². The van der Waals surface area contributed by atoms with Gasteiger partial charge in [0.05, 0.1) is 6.04 Å². The van der Waals surface area contributed by atoms with Crippen molar-refractivity contribution in [2.45, 2.75) is 18.9 Å². The Morgan fingerprint density at radius 1 is 1.27 bits per heavy atom. The van der Waals surface area contributed by atoms with Crippen LogP contribution >= 0.6 is 11.3 Å². The van der Waals surface area contributed by atoms with Crippen LogP contribution in [-0.4, -0.2) is 35.5 Å². The van der Waals surface area contributed by atoms with E-state index >= 15 is 0 Å². The molecule has 3 rings (SSSR count). The lowest BCUT2D eigenvalue weighted by molar-refractivity contribution is 0.229. The number of anilines is 1. The van der Waals surface area contributed by atoms with Gasteiger partial charge in [-0.25, -0.2) is 4.79 Å². The minimum Gasteiger partial charge on any atom is -0.336 e. The number of amides is 2. The molecule has 22 heavy (non-hydrogen) atoms. The van der Waals surface area contributed by atoms with Crippen LogP contribution in [0.15, 0.2) is 42.0 Å². The van der Waals surface area contributed by atoms with Crippen LogP contribution in [0.5, 0.6) is 0 Å². The Labute approximate surface area is 134 Å². The summed E-state index contributed by atoms with van der Waals surface area (Å²) < 4.78 is 0. The number of pyridine rings is 1. The molecule has 0 radical (unpaired) electrons. The van der Waals surface area contributed by atoms with Gasteiger partial charge in [0, 0.05) is 29.5 Å². The van der Waals surface area contributed by atoms with Crippen molar-refractivity contribution >= 4 is 23.1 Å². The van der Waals surface area contributed by atoms with Crippen LogP contribution in [0, 0.1) is 0 Å². The van der Waals surface area contributed by atoms with E-state index < -0.39 is 0 Å². The Hall–Kier alpha value is -1.92. The smallest absolute Gasteiger partial charge is 0.319 e. The van der Waals surface area contributed by atoms with Crippen molar-refractivity contribution in [2.24, 2.45) is 0 Å². The van der Waals surface area contributed by atoms with Crippen LogP contribution in [0.4, 0.5) is 10.5 Å². The monoisotopic (exact) mass is 316 g/mol. The summed E-state index contributed by atoms with van der Waals surface area (Å²) in [5.74, 6) is 0. The highest BCUT2D eigenvalue weighted by molar-refractivity contribution is 7.10. The summed E-state index contributed by atoms with van der Waals surface area (Å²) >= 11 is 1.75. The highest BCUT2D eigenvalue weighted by atomic mass is 32.1. The third-order valence-electron chi connectivity index (χ3n) is 3.85. The number of likely N-dealkylation sites (tertiary alicyclic amines) is 1. The van der Waals surface area contributed by atoms with Gasteiger partial charge in [-0.1, -0.05) is 6.07 Å². The normalized spacial score (nSPS) is 16.4. The molecular weight excluding hydrogens is 296 g/mol. The molecule has 2 aromatic heterocycles. The first-order valence-corrected chi connectivity index (χ1v) is 8.43. The maximum Gasteiger partial charge on any atom is 0.319 e. The number of hydrogen-bond acceptors (Lipinski definition) is 4. The Kier molecular flexibility index (Phi) is 5.03. The summed E-state index contributed by atoms with van der Waals surface area (Å²) in [6.45, 7) is 2.84. The summed E-state index contributed by atoms with van der Waals surface area (Å²) in [6, 6.07) is 7.86. The summed E-state index contributed by atoms with van der Waals surface area (Å²) in [5.41, 5.74) is 0.751. The van der Waals surface area contributed by atoms with Gasteiger partial charge in [-0.05, 0) is 49.5 Å². The summed E-state index contributed by atoms with van der Waals surface area (Å²) in [4.78, 5) is 19.7. The van der Waals surface area contributed by atoms with E-state index in [-0.39, 0.29) is 12.1 Å². The van der Waals surface area contributed by atoms with Crippen molar-refractivity contribution in [1.82, 2.24) is 15.2 Å². The molecule has 2 N–H and O–H groups in total. The minimum atomic E-state index is -0.174. The molecule has 1 aliphatic heterocycles. The van der Waals surface area contributed by atoms with Crippen LogP contribution in [-0.2, 0) is 0 Å². The number of thiophene rings is 1. The standard InChI is InChI=1S/C16H20N4OS/c21-16(19-13-5-7-17-8-6-13)18-12-14(15-4-3-11-22-15)20-9-1-2-10-20/h3-8,11,14H,1-2,9-10,12H2,(H2,17,18,19,21). The highest BCUT2D eigenvalue weighted by Crippen LogP contribution is 2.27. The Morgan fingerprint density at radius 2 is 2.05 bits per heavy atom. The lowest BCUT2D eigenvalue weighted by Gasteiger charge is -2.26. The Bertz CT molecular complexity index is 581. The second-order valence-electron chi connectivity index (χ2n) is 5.35. The van der Waals surface area contributed by atoms with Crippen molar-refractivity contribution in [1.29, 1.82) is 0 Å². The van der Waals surface area contributed by atoms with E-state index in [0.29, 0.717) is 6.54 Å². The second-order valence-corrected chi connectivity index (χ2v) is 6.32. The molecule has 0 spiro atoms. The van der Waals surface area contributed by atoms with E-state index in [9.17, 15) is 4.79 Å². The average molecular weight is 316 g/mol. The zero-order valence-corrected chi connectivity index (χ0v) is 13.2. The van der Waals surface area contributed by atoms with Crippen LogP contribution in [0.25, 0.3) is 0 Å². The van der Waals surface area contributed by atoms with Gasteiger partial charge in [-0.15, -0.1) is 11.3 Å². The fraction of sp³-hybridized carbons (Fsp3) is 0.375. The Balaban J connectivity index is 1.58. The largest absolute Gasteiger partial charge is 0.336 e. The van der Waals surface area contributed by atoms with Gasteiger partial charge < -0.3 is 10.6 Å². The predicted molar refractivity (Wildman–Crippen MR) is 89.1 cm³/mol. The van der Waals surface area contributed by atoms with Crippen molar-refractivity contribution in [3.05, 3.63) is 46.9 Å². The Morgan fingerprint density at radius 3 is 2.73 bits per heavy atom. The van der Waals surface area contributed by atoms with Gasteiger partial charge in [0.15, 0.2) is 0 Å². The number of rotatable bonds is 5. The van der Waals surface area contributed by atoms with Gasteiger partial charge in [0.2, 0.25) is 0 Å². The second kappa shape index (κ2) is 7.38. The summed E-state index contributed by atoms with van der Waals surface area (Å²) in [6.07, 6.45) is 5.80. The third kappa shape index (κ3) is 3.84. The van der Waals surface area contributed by atoms with Gasteiger partial charge >= 0.3 is 6.03 Å². The SMILES string of the molecule is O=C(NCC(c1cccs1)N1CCCC1)Nc1ccncc1. The lowest BCUT2D eigenvalue weighted by atomic mass is 10.2. The minimum absolute atomic E-state index is 0.174. The van der Waals surface area contributed by atoms with E-state index in [1.54, 1.807) is 35.9 Å². The molecular formula is C16H20N4OS. The number of urea groups is 1. The first-order chi connectivity index (χ1) is 10.8. The third-order valence-corrected chi connectivity index (χ3v) is 4.82. The van der Waals surface area contributed by atoms with Crippen LogP contribution in [0.3, 0.4) is 0 Å². The molecule has 1 unspecified atom stereocenters. The van der Waals surface area contributed by atoms with Crippen molar-refractivity contribution < 1.29 is 4.79 Å². The topological polar surface area (TPSA) is 57.3 Å². The van der Waals surface area contributed by atoms with Gasteiger partial charge in [-0.3, -0.25) is 9.88 Å². The fourth-order valence-electron chi connectivity index (χ4n) is 2.74. The molecule has 3 heterocycles. The predicted octanol–water partition coefficient (Wildman–Crippen LogP) is 3.10. The van der Waals surface area contributed by atoms with Gasteiger partial charge in [-0.2, -0.15) is 0 Å². The molecule has 1 saturated heterocycles. The maximum atomic E-state index is 12.0. The number of hydrogen-bond donors (Lipinski definition) is 2. The van der Waals surface area contributed by atoms with Crippen molar-refractivity contribution in [2.75, 3.05) is 25.0 Å². The van der Waals surface area contributed by atoms with E-state index in [1.165, 1.54) is 17.7 Å². The molecule has 2 aromatic rings. The quantitative estimate of drug-likeness (QED) is 0.891. The molecule has 0 aromatic carbocycles. The van der Waals surface area contributed by atoms with Crippen LogP contribution < -0.4 is 10.6 Å². The number of carbonyl (C=O) groups is 1. The van der Waals surface area contributed by atoms with E-state index in [4.69, 9.17) is 0 Å². The first kappa shape index (κ1) is 15.0. The zero-order valence-electron chi connectivity index (χ0n) is 12.4. The van der Waals surface area contributed by atoms with E-state index in [1.807, 2.05) is 0 Å². The zero-order chi connectivity index (χ0) is 15.2. The molecule has 2 amide bonds. The van der Waals surface area contributed by atoms with Gasteiger partial charge in [0.25, 0.3) is 0 Å². The molecule has 1 fully saturated rings. The molecule has 0 bridgehead atoms. The average Bonchev–Trinajstić information content (AvgIpc) is 3.22. The highest BCUT2D eigenvalue weighted by Gasteiger charge is 2.24. The lowest BCUT2D eigenvalue weighted by Crippen LogP contribution is -2.38. The molecule has 6 heteroatoms. The van der Waals surface area contributed by atoms with Crippen molar-refractivity contribution in [3.8, 4) is 0 Å². The van der Waals surface area contributed by atoms with E-state index in [2.05, 4.69) is 38.0 Å². The van der Waals surface area contributed by atoms with Crippen molar-refractivity contribution in [3.63, 3.8) is 0 Å². The summed E-state index contributed by atoms with van der Waals surface area (Å²) in [5, 5.41) is 7.91. The first-order valence-electron chi connectivity index (χ1n) is 7.55. The molecule has 0 saturated carbocycles. The molecule has 116 valence electrons. The number of nitrogens with one attached hydrogen (secondary N) is 2. The molecule has 1 aliphatic rings. The molecule has 0 aliphatic carbocycles. The van der Waals surface area contributed by atoms with E-state index in [0.717, 1.165) is 18.8 Å². The number of nitrogens with zero attached hydrogens (tertiary/aromatic N) is 2. The number of carbonyl (C=O) groups excluding carboxylic acids is 1. The van der Waals surface area contributed by atoms with Crippen LogP contribution in [0.2, 0.25) is 0 Å².